The van der Waals surface area contributed by atoms with E-state index >= 15 is 0 Å². The van der Waals surface area contributed by atoms with Crippen molar-refractivity contribution in [2.75, 3.05) is 13.2 Å². The molecule has 0 radical (unpaired) electrons. The van der Waals surface area contributed by atoms with Crippen LogP contribution in [0.2, 0.25) is 0 Å². The second-order valence-corrected chi connectivity index (χ2v) is 7.48. The minimum atomic E-state index is -0.452. The predicted octanol–water partition coefficient (Wildman–Crippen LogP) is 3.86. The van der Waals surface area contributed by atoms with Crippen LogP contribution < -0.4 is 0 Å². The smallest absolute Gasteiger partial charge is 0.355 e. The van der Waals surface area contributed by atoms with E-state index < -0.39 is 5.97 Å². The number of ketones is 1. The van der Waals surface area contributed by atoms with E-state index in [2.05, 4.69) is 0 Å². The second kappa shape index (κ2) is 9.07. The normalized spacial score (nSPS) is 10.9. The Hall–Kier alpha value is -2.89. The van der Waals surface area contributed by atoms with Crippen molar-refractivity contribution in [3.8, 4) is 0 Å². The topological polar surface area (TPSA) is 68.6 Å². The van der Waals surface area contributed by atoms with Gasteiger partial charge >= 0.3 is 5.97 Å². The van der Waals surface area contributed by atoms with Gasteiger partial charge in [0.05, 0.1) is 13.2 Å². The summed E-state index contributed by atoms with van der Waals surface area (Å²) in [5.74, 6) is -0.823. The molecule has 0 aliphatic rings. The number of ether oxygens (including phenoxy) is 1. The van der Waals surface area contributed by atoms with Crippen molar-refractivity contribution < 1.29 is 19.1 Å². The van der Waals surface area contributed by atoms with Crippen LogP contribution in [-0.4, -0.2) is 46.3 Å². The average molecular weight is 399 g/mol. The number of hydrogen-bond acceptors (Lipinski definition) is 4. The SMILES string of the molecule is CCOC(=O)c1c(C)c(C(=O)CN(C(=O)c2ccccc2C)C(C)C)c(C)n1C. The molecule has 0 bridgehead atoms. The Bertz CT molecular complexity index is 941. The van der Waals surface area contributed by atoms with Crippen LogP contribution in [0.25, 0.3) is 0 Å². The van der Waals surface area contributed by atoms with Gasteiger partial charge in [-0.2, -0.15) is 0 Å². The van der Waals surface area contributed by atoms with Gasteiger partial charge in [0.15, 0.2) is 5.78 Å². The predicted molar refractivity (Wildman–Crippen MR) is 113 cm³/mol. The maximum Gasteiger partial charge on any atom is 0.355 e. The number of aryl methyl sites for hydroxylation is 1. The fourth-order valence-electron chi connectivity index (χ4n) is 3.57. The molecule has 0 saturated heterocycles. The van der Waals surface area contributed by atoms with Crippen molar-refractivity contribution in [2.24, 2.45) is 7.05 Å². The Labute approximate surface area is 172 Å². The summed E-state index contributed by atoms with van der Waals surface area (Å²) >= 11 is 0. The van der Waals surface area contributed by atoms with Gasteiger partial charge in [-0.3, -0.25) is 9.59 Å². The lowest BCUT2D eigenvalue weighted by Crippen LogP contribution is -2.41. The van der Waals surface area contributed by atoms with E-state index in [1.807, 2.05) is 39.0 Å². The number of esters is 1. The summed E-state index contributed by atoms with van der Waals surface area (Å²) in [6, 6.07) is 7.20. The number of amides is 1. The summed E-state index contributed by atoms with van der Waals surface area (Å²) in [5.41, 5.74) is 3.56. The first-order valence-electron chi connectivity index (χ1n) is 9.84. The van der Waals surface area contributed by atoms with Gasteiger partial charge in [-0.25, -0.2) is 4.79 Å². The fourth-order valence-corrected chi connectivity index (χ4v) is 3.57. The van der Waals surface area contributed by atoms with Crippen molar-refractivity contribution in [1.29, 1.82) is 0 Å². The molecule has 0 aliphatic carbocycles. The van der Waals surface area contributed by atoms with Gasteiger partial charge in [-0.15, -0.1) is 0 Å². The van der Waals surface area contributed by atoms with Crippen LogP contribution in [-0.2, 0) is 11.8 Å². The lowest BCUT2D eigenvalue weighted by atomic mass is 10.0. The monoisotopic (exact) mass is 398 g/mol. The molecule has 2 rings (SSSR count). The molecule has 0 N–H and O–H groups in total. The summed E-state index contributed by atoms with van der Waals surface area (Å²) in [7, 11) is 1.74. The Morgan fingerprint density at radius 3 is 2.28 bits per heavy atom. The molecule has 1 amide bonds. The summed E-state index contributed by atoms with van der Waals surface area (Å²) in [5, 5.41) is 0. The summed E-state index contributed by atoms with van der Waals surface area (Å²) in [6.45, 7) is 11.1. The minimum Gasteiger partial charge on any atom is -0.461 e. The number of hydrogen-bond donors (Lipinski definition) is 0. The molecule has 6 nitrogen and oxygen atoms in total. The molecule has 156 valence electrons. The van der Waals surface area contributed by atoms with Crippen LogP contribution >= 0.6 is 0 Å². The van der Waals surface area contributed by atoms with E-state index in [4.69, 9.17) is 4.74 Å². The van der Waals surface area contributed by atoms with Gasteiger partial charge < -0.3 is 14.2 Å². The van der Waals surface area contributed by atoms with Crippen LogP contribution in [0.1, 0.15) is 68.8 Å². The molecule has 6 heteroatoms. The summed E-state index contributed by atoms with van der Waals surface area (Å²) < 4.78 is 6.81. The number of Topliss-reactive ketones (excluding diaryl/α,β-unsaturated/α-hetero) is 1. The van der Waals surface area contributed by atoms with Crippen molar-refractivity contribution in [3.05, 3.63) is 57.9 Å². The maximum absolute atomic E-state index is 13.2. The molecule has 0 aliphatic heterocycles. The Kier molecular flexibility index (Phi) is 7.01. The Balaban J connectivity index is 2.39. The van der Waals surface area contributed by atoms with Crippen LogP contribution in [0, 0.1) is 20.8 Å². The van der Waals surface area contributed by atoms with E-state index in [1.165, 1.54) is 0 Å². The highest BCUT2D eigenvalue weighted by Crippen LogP contribution is 2.24. The zero-order valence-electron chi connectivity index (χ0n) is 18.3. The molecule has 2 aromatic rings. The summed E-state index contributed by atoms with van der Waals surface area (Å²) in [6.07, 6.45) is 0. The maximum atomic E-state index is 13.2. The van der Waals surface area contributed by atoms with Crippen molar-refractivity contribution in [3.63, 3.8) is 0 Å². The van der Waals surface area contributed by atoms with Gasteiger partial charge in [0.25, 0.3) is 5.91 Å². The third kappa shape index (κ3) is 4.42. The zero-order valence-corrected chi connectivity index (χ0v) is 18.3. The quantitative estimate of drug-likeness (QED) is 0.525. The molecule has 1 heterocycles. The molecule has 1 aromatic heterocycles. The first kappa shape index (κ1) is 22.4. The van der Waals surface area contributed by atoms with Crippen molar-refractivity contribution in [2.45, 2.75) is 47.6 Å². The van der Waals surface area contributed by atoms with Gasteiger partial charge in [0.2, 0.25) is 0 Å². The average Bonchev–Trinajstić information content (AvgIpc) is 2.88. The molecular weight excluding hydrogens is 368 g/mol. The Morgan fingerprint density at radius 1 is 1.10 bits per heavy atom. The highest BCUT2D eigenvalue weighted by Gasteiger charge is 2.29. The van der Waals surface area contributed by atoms with Gasteiger partial charge in [-0.05, 0) is 58.7 Å². The van der Waals surface area contributed by atoms with E-state index in [0.29, 0.717) is 28.1 Å². The van der Waals surface area contributed by atoms with E-state index in [1.54, 1.807) is 43.4 Å². The first-order valence-corrected chi connectivity index (χ1v) is 9.84. The highest BCUT2D eigenvalue weighted by molar-refractivity contribution is 6.06. The lowest BCUT2D eigenvalue weighted by molar-refractivity contribution is 0.0513. The molecule has 0 unspecified atom stereocenters. The number of aromatic nitrogens is 1. The number of rotatable bonds is 7. The minimum absolute atomic E-state index is 0.0568. The van der Waals surface area contributed by atoms with E-state index in [-0.39, 0.29) is 30.9 Å². The summed E-state index contributed by atoms with van der Waals surface area (Å²) in [4.78, 5) is 40.2. The fraction of sp³-hybridized carbons (Fsp3) is 0.435. The number of benzene rings is 1. The largest absolute Gasteiger partial charge is 0.461 e. The third-order valence-electron chi connectivity index (χ3n) is 5.25. The van der Waals surface area contributed by atoms with E-state index in [9.17, 15) is 14.4 Å². The molecular formula is C23H30N2O4. The molecule has 1 aromatic carbocycles. The van der Waals surface area contributed by atoms with Crippen LogP contribution in [0.15, 0.2) is 24.3 Å². The standard InChI is InChI=1S/C23H30N2O4/c1-8-29-23(28)21-16(5)20(17(6)24(21)7)19(26)13-25(14(2)3)22(27)18-12-10-9-11-15(18)4/h9-12,14H,8,13H2,1-7H3. The lowest BCUT2D eigenvalue weighted by Gasteiger charge is -2.27. The number of carbonyl (C=O) groups excluding carboxylic acids is 3. The van der Waals surface area contributed by atoms with Crippen LogP contribution in [0.5, 0.6) is 0 Å². The second-order valence-electron chi connectivity index (χ2n) is 7.48. The van der Waals surface area contributed by atoms with Gasteiger partial charge in [-0.1, -0.05) is 18.2 Å². The third-order valence-corrected chi connectivity index (χ3v) is 5.25. The van der Waals surface area contributed by atoms with Gasteiger partial charge in [0.1, 0.15) is 5.69 Å². The van der Waals surface area contributed by atoms with Crippen molar-refractivity contribution >= 4 is 17.7 Å². The van der Waals surface area contributed by atoms with Crippen LogP contribution in [0.3, 0.4) is 0 Å². The number of carbonyl (C=O) groups is 3. The zero-order chi connectivity index (χ0) is 21.9. The number of nitrogens with zero attached hydrogens (tertiary/aromatic N) is 2. The molecule has 29 heavy (non-hydrogen) atoms. The first-order chi connectivity index (χ1) is 13.6. The van der Waals surface area contributed by atoms with E-state index in [0.717, 1.165) is 5.56 Å². The highest BCUT2D eigenvalue weighted by atomic mass is 16.5. The van der Waals surface area contributed by atoms with Crippen LogP contribution in [0.4, 0.5) is 0 Å². The Morgan fingerprint density at radius 2 is 1.72 bits per heavy atom. The molecule has 0 saturated carbocycles. The molecule has 0 spiro atoms. The molecule has 0 fully saturated rings. The van der Waals surface area contributed by atoms with Gasteiger partial charge in [0, 0.05) is 29.9 Å². The van der Waals surface area contributed by atoms with Crippen molar-refractivity contribution in [1.82, 2.24) is 9.47 Å². The molecule has 0 atom stereocenters.